The fourth-order valence-corrected chi connectivity index (χ4v) is 1.25. The van der Waals surface area contributed by atoms with Gasteiger partial charge in [0.25, 0.3) is 0 Å². The number of hydrogen-bond acceptors (Lipinski definition) is 2. The molecular formula is C8H6ClNO. The predicted octanol–water partition coefficient (Wildman–Crippen LogP) is 2.67. The van der Waals surface area contributed by atoms with Crippen molar-refractivity contribution < 1.29 is 4.42 Å². The molecule has 0 saturated heterocycles. The van der Waals surface area contributed by atoms with Crippen molar-refractivity contribution in [3.8, 4) is 0 Å². The average Bonchev–Trinajstić information content (AvgIpc) is 2.31. The van der Waals surface area contributed by atoms with Crippen LogP contribution in [-0.4, -0.2) is 0 Å². The minimum atomic E-state index is 0.373. The Balaban J connectivity index is 2.90. The molecule has 2 rings (SSSR count). The van der Waals surface area contributed by atoms with Crippen LogP contribution >= 0.6 is 11.6 Å². The molecule has 11 heavy (non-hydrogen) atoms. The Morgan fingerprint density at radius 3 is 2.91 bits per heavy atom. The van der Waals surface area contributed by atoms with E-state index in [1.807, 2.05) is 12.1 Å². The van der Waals surface area contributed by atoms with Crippen molar-refractivity contribution in [1.82, 2.24) is 0 Å². The first-order valence-corrected chi connectivity index (χ1v) is 3.59. The maximum Gasteiger partial charge on any atom is 0.194 e. The summed E-state index contributed by atoms with van der Waals surface area (Å²) in [5.41, 5.74) is 6.90. The van der Waals surface area contributed by atoms with Crippen LogP contribution in [0.5, 0.6) is 0 Å². The molecule has 0 aliphatic heterocycles. The summed E-state index contributed by atoms with van der Waals surface area (Å²) in [5, 5.41) is 1.31. The molecular weight excluding hydrogens is 162 g/mol. The van der Waals surface area contributed by atoms with Gasteiger partial charge in [-0.3, -0.25) is 0 Å². The second-order valence-electron chi connectivity index (χ2n) is 2.32. The fourth-order valence-electron chi connectivity index (χ4n) is 1.05. The molecule has 0 unspecified atom stereocenters. The van der Waals surface area contributed by atoms with Gasteiger partial charge in [-0.05, 0) is 17.7 Å². The van der Waals surface area contributed by atoms with Crippen molar-refractivity contribution in [2.75, 3.05) is 5.73 Å². The standard InChI is InChI=1S/C8H6ClNO/c9-7-4-5-2-1-3-6(10)8(5)11-7/h1-4H,10H2. The lowest BCUT2D eigenvalue weighted by atomic mass is 10.2. The Bertz CT molecular complexity index is 394. The molecule has 2 aromatic rings. The minimum Gasteiger partial charge on any atom is -0.443 e. The monoisotopic (exact) mass is 167 g/mol. The van der Waals surface area contributed by atoms with Gasteiger partial charge in [-0.2, -0.15) is 0 Å². The topological polar surface area (TPSA) is 39.2 Å². The normalized spacial score (nSPS) is 10.6. The average molecular weight is 168 g/mol. The van der Waals surface area contributed by atoms with E-state index in [0.29, 0.717) is 16.5 Å². The number of hydrogen-bond donors (Lipinski definition) is 1. The second-order valence-corrected chi connectivity index (χ2v) is 2.69. The number of benzene rings is 1. The molecule has 1 heterocycles. The molecule has 0 saturated carbocycles. The lowest BCUT2D eigenvalue weighted by Gasteiger charge is -1.90. The summed E-state index contributed by atoms with van der Waals surface area (Å²) in [7, 11) is 0. The third-order valence-corrected chi connectivity index (χ3v) is 1.73. The van der Waals surface area contributed by atoms with E-state index in [0.717, 1.165) is 5.39 Å². The van der Waals surface area contributed by atoms with Gasteiger partial charge in [0.2, 0.25) is 0 Å². The molecule has 56 valence electrons. The summed E-state index contributed by atoms with van der Waals surface area (Å²) in [6.45, 7) is 0. The van der Waals surface area contributed by atoms with Crippen LogP contribution in [-0.2, 0) is 0 Å². The molecule has 3 heteroatoms. The summed E-state index contributed by atoms with van der Waals surface area (Å²) in [5.74, 6) is 0. The zero-order valence-corrected chi connectivity index (χ0v) is 6.43. The van der Waals surface area contributed by atoms with Crippen molar-refractivity contribution in [3.63, 3.8) is 0 Å². The number of nitrogen functional groups attached to an aromatic ring is 1. The zero-order chi connectivity index (χ0) is 7.84. The maximum absolute atomic E-state index is 5.63. The van der Waals surface area contributed by atoms with E-state index in [2.05, 4.69) is 0 Å². The van der Waals surface area contributed by atoms with Crippen molar-refractivity contribution in [2.45, 2.75) is 0 Å². The van der Waals surface area contributed by atoms with Gasteiger partial charge in [0.1, 0.15) is 0 Å². The van der Waals surface area contributed by atoms with E-state index in [1.54, 1.807) is 12.1 Å². The van der Waals surface area contributed by atoms with Crippen molar-refractivity contribution in [3.05, 3.63) is 29.5 Å². The van der Waals surface area contributed by atoms with Crippen molar-refractivity contribution in [1.29, 1.82) is 0 Å². The summed E-state index contributed by atoms with van der Waals surface area (Å²) in [6, 6.07) is 7.29. The largest absolute Gasteiger partial charge is 0.443 e. The Labute approximate surface area is 68.6 Å². The highest BCUT2D eigenvalue weighted by molar-refractivity contribution is 6.29. The van der Waals surface area contributed by atoms with Gasteiger partial charge in [-0.25, -0.2) is 0 Å². The quantitative estimate of drug-likeness (QED) is 0.613. The molecule has 0 bridgehead atoms. The van der Waals surface area contributed by atoms with Crippen LogP contribution in [0.4, 0.5) is 5.69 Å². The Morgan fingerprint density at radius 2 is 2.18 bits per heavy atom. The minimum absolute atomic E-state index is 0.373. The summed E-state index contributed by atoms with van der Waals surface area (Å²) in [6.07, 6.45) is 0. The SMILES string of the molecule is Nc1cccc2cc(Cl)oc12. The summed E-state index contributed by atoms with van der Waals surface area (Å²) >= 11 is 5.63. The van der Waals surface area contributed by atoms with Crippen LogP contribution < -0.4 is 5.73 Å². The number of rotatable bonds is 0. The van der Waals surface area contributed by atoms with Crippen LogP contribution in [0.3, 0.4) is 0 Å². The molecule has 1 aromatic heterocycles. The Hall–Kier alpha value is -1.15. The number of anilines is 1. The molecule has 0 aliphatic carbocycles. The van der Waals surface area contributed by atoms with Gasteiger partial charge in [0.05, 0.1) is 5.69 Å². The first-order valence-electron chi connectivity index (χ1n) is 3.21. The number of nitrogens with two attached hydrogens (primary N) is 1. The van der Waals surface area contributed by atoms with Crippen LogP contribution in [0.1, 0.15) is 0 Å². The fraction of sp³-hybridized carbons (Fsp3) is 0. The van der Waals surface area contributed by atoms with Gasteiger partial charge in [-0.15, -0.1) is 0 Å². The van der Waals surface area contributed by atoms with Crippen LogP contribution in [0.25, 0.3) is 11.0 Å². The predicted molar refractivity (Wildman–Crippen MR) is 45.6 cm³/mol. The van der Waals surface area contributed by atoms with Crippen LogP contribution in [0, 0.1) is 0 Å². The van der Waals surface area contributed by atoms with E-state index >= 15 is 0 Å². The van der Waals surface area contributed by atoms with Gasteiger partial charge >= 0.3 is 0 Å². The summed E-state index contributed by atoms with van der Waals surface area (Å²) < 4.78 is 5.14. The van der Waals surface area contributed by atoms with Gasteiger partial charge in [-0.1, -0.05) is 12.1 Å². The van der Waals surface area contributed by atoms with Crippen molar-refractivity contribution >= 4 is 28.3 Å². The highest BCUT2D eigenvalue weighted by Gasteiger charge is 2.02. The highest BCUT2D eigenvalue weighted by Crippen LogP contribution is 2.26. The maximum atomic E-state index is 5.63. The smallest absolute Gasteiger partial charge is 0.194 e. The molecule has 0 amide bonds. The number of furan rings is 1. The Kier molecular flexibility index (Phi) is 1.29. The first kappa shape index (κ1) is 6.55. The van der Waals surface area contributed by atoms with E-state index in [4.69, 9.17) is 21.8 Å². The molecule has 0 radical (unpaired) electrons. The Morgan fingerprint density at radius 1 is 1.36 bits per heavy atom. The van der Waals surface area contributed by atoms with Gasteiger partial charge in [0, 0.05) is 11.5 Å². The summed E-state index contributed by atoms with van der Waals surface area (Å²) in [4.78, 5) is 0. The lowest BCUT2D eigenvalue weighted by molar-refractivity contribution is 0.619. The molecule has 2 N–H and O–H groups in total. The van der Waals surface area contributed by atoms with E-state index < -0.39 is 0 Å². The first-order chi connectivity index (χ1) is 5.27. The third kappa shape index (κ3) is 0.955. The second kappa shape index (κ2) is 2.17. The zero-order valence-electron chi connectivity index (χ0n) is 5.67. The lowest BCUT2D eigenvalue weighted by Crippen LogP contribution is -1.82. The van der Waals surface area contributed by atoms with E-state index in [-0.39, 0.29) is 0 Å². The van der Waals surface area contributed by atoms with E-state index in [9.17, 15) is 0 Å². The van der Waals surface area contributed by atoms with E-state index in [1.165, 1.54) is 0 Å². The molecule has 0 aliphatic rings. The van der Waals surface area contributed by atoms with Crippen molar-refractivity contribution in [2.24, 2.45) is 0 Å². The molecule has 0 spiro atoms. The van der Waals surface area contributed by atoms with Crippen LogP contribution in [0.15, 0.2) is 28.7 Å². The van der Waals surface area contributed by atoms with Crippen LogP contribution in [0.2, 0.25) is 5.22 Å². The molecule has 2 nitrogen and oxygen atoms in total. The third-order valence-electron chi connectivity index (χ3n) is 1.54. The highest BCUT2D eigenvalue weighted by atomic mass is 35.5. The molecule has 1 aromatic carbocycles. The van der Waals surface area contributed by atoms with Gasteiger partial charge < -0.3 is 10.2 Å². The molecule has 0 fully saturated rings. The molecule has 0 atom stereocenters. The number of halogens is 1. The number of para-hydroxylation sites is 1. The van der Waals surface area contributed by atoms with Gasteiger partial charge in [0.15, 0.2) is 10.8 Å². The number of fused-ring (bicyclic) bond motifs is 1.